The molecule has 0 spiro atoms. The van der Waals surface area contributed by atoms with E-state index >= 15 is 0 Å². The van der Waals surface area contributed by atoms with Crippen molar-refractivity contribution in [1.82, 2.24) is 9.88 Å². The number of hydrogen-bond donors (Lipinski definition) is 0. The molecule has 0 saturated carbocycles. The lowest BCUT2D eigenvalue weighted by atomic mass is 10.0. The summed E-state index contributed by atoms with van der Waals surface area (Å²) in [4.78, 5) is 18.3. The monoisotopic (exact) mass is 244 g/mol. The lowest BCUT2D eigenvalue weighted by Crippen LogP contribution is -2.37. The van der Waals surface area contributed by atoms with Crippen LogP contribution in [0.25, 0.3) is 0 Å². The van der Waals surface area contributed by atoms with Crippen LogP contribution in [0.2, 0.25) is 0 Å². The SMILES string of the molecule is CC1=C(C)CN(C(=O)Cc2cnccc2C)CC1. The van der Waals surface area contributed by atoms with Gasteiger partial charge in [0.05, 0.1) is 6.42 Å². The Morgan fingerprint density at radius 3 is 2.78 bits per heavy atom. The van der Waals surface area contributed by atoms with Gasteiger partial charge in [0.25, 0.3) is 0 Å². The van der Waals surface area contributed by atoms with Gasteiger partial charge in [-0.3, -0.25) is 9.78 Å². The molecule has 1 amide bonds. The minimum atomic E-state index is 0.206. The molecule has 1 aliphatic heterocycles. The maximum absolute atomic E-state index is 12.2. The smallest absolute Gasteiger partial charge is 0.227 e. The Morgan fingerprint density at radius 1 is 1.33 bits per heavy atom. The fourth-order valence-corrected chi connectivity index (χ4v) is 2.19. The van der Waals surface area contributed by atoms with Crippen LogP contribution in [0.4, 0.5) is 0 Å². The molecular weight excluding hydrogens is 224 g/mol. The highest BCUT2D eigenvalue weighted by Crippen LogP contribution is 2.18. The van der Waals surface area contributed by atoms with Gasteiger partial charge in [-0.15, -0.1) is 0 Å². The van der Waals surface area contributed by atoms with Gasteiger partial charge in [0.1, 0.15) is 0 Å². The lowest BCUT2D eigenvalue weighted by molar-refractivity contribution is -0.130. The zero-order valence-corrected chi connectivity index (χ0v) is 11.4. The van der Waals surface area contributed by atoms with E-state index < -0.39 is 0 Å². The van der Waals surface area contributed by atoms with Crippen molar-refractivity contribution in [2.24, 2.45) is 0 Å². The zero-order chi connectivity index (χ0) is 13.1. The number of carbonyl (C=O) groups is 1. The molecule has 0 unspecified atom stereocenters. The molecule has 3 heteroatoms. The minimum absolute atomic E-state index is 0.206. The first kappa shape index (κ1) is 12.8. The summed E-state index contributed by atoms with van der Waals surface area (Å²) in [6.45, 7) is 7.92. The van der Waals surface area contributed by atoms with Crippen molar-refractivity contribution in [1.29, 1.82) is 0 Å². The van der Waals surface area contributed by atoms with Gasteiger partial charge in [-0.1, -0.05) is 11.1 Å². The fraction of sp³-hybridized carbons (Fsp3) is 0.467. The van der Waals surface area contributed by atoms with Crippen molar-refractivity contribution < 1.29 is 4.79 Å². The molecule has 0 radical (unpaired) electrons. The molecular formula is C15H20N2O. The molecule has 0 saturated heterocycles. The van der Waals surface area contributed by atoms with E-state index in [0.717, 1.165) is 30.6 Å². The molecule has 0 aliphatic carbocycles. The predicted molar refractivity (Wildman–Crippen MR) is 72.2 cm³/mol. The van der Waals surface area contributed by atoms with Gasteiger partial charge in [-0.2, -0.15) is 0 Å². The van der Waals surface area contributed by atoms with Crippen molar-refractivity contribution in [3.8, 4) is 0 Å². The quantitative estimate of drug-likeness (QED) is 0.749. The second-order valence-corrected chi connectivity index (χ2v) is 5.10. The first-order chi connectivity index (χ1) is 8.58. The van der Waals surface area contributed by atoms with Gasteiger partial charge in [-0.05, 0) is 44.4 Å². The Hall–Kier alpha value is -1.64. The molecule has 0 aromatic carbocycles. The number of aryl methyl sites for hydroxylation is 1. The third-order valence-corrected chi connectivity index (χ3v) is 3.76. The van der Waals surface area contributed by atoms with Crippen molar-refractivity contribution in [3.05, 3.63) is 40.7 Å². The Balaban J connectivity index is 2.04. The summed E-state index contributed by atoms with van der Waals surface area (Å²) in [5.74, 6) is 0.206. The van der Waals surface area contributed by atoms with Crippen LogP contribution >= 0.6 is 0 Å². The molecule has 18 heavy (non-hydrogen) atoms. The molecule has 2 heterocycles. The number of pyridine rings is 1. The minimum Gasteiger partial charge on any atom is -0.338 e. The van der Waals surface area contributed by atoms with Crippen molar-refractivity contribution in [2.45, 2.75) is 33.6 Å². The highest BCUT2D eigenvalue weighted by atomic mass is 16.2. The van der Waals surface area contributed by atoms with E-state index in [2.05, 4.69) is 18.8 Å². The Kier molecular flexibility index (Phi) is 3.80. The highest BCUT2D eigenvalue weighted by molar-refractivity contribution is 5.79. The summed E-state index contributed by atoms with van der Waals surface area (Å²) in [6, 6.07) is 1.95. The van der Waals surface area contributed by atoms with Gasteiger partial charge < -0.3 is 4.90 Å². The summed E-state index contributed by atoms with van der Waals surface area (Å²) in [6.07, 6.45) is 5.03. The van der Waals surface area contributed by atoms with Crippen molar-refractivity contribution in [3.63, 3.8) is 0 Å². The Bertz CT molecular complexity index is 491. The van der Waals surface area contributed by atoms with Crippen LogP contribution < -0.4 is 0 Å². The number of carbonyl (C=O) groups excluding carboxylic acids is 1. The standard InChI is InChI=1S/C15H20N2O/c1-11-5-7-17(10-13(11)3)15(18)8-14-9-16-6-4-12(14)2/h4,6,9H,5,7-8,10H2,1-3H3. The van der Waals surface area contributed by atoms with Gasteiger partial charge >= 0.3 is 0 Å². The fourth-order valence-electron chi connectivity index (χ4n) is 2.19. The molecule has 1 aromatic heterocycles. The molecule has 1 aromatic rings. The first-order valence-electron chi connectivity index (χ1n) is 6.40. The van der Waals surface area contributed by atoms with Crippen LogP contribution in [0.5, 0.6) is 0 Å². The summed E-state index contributed by atoms with van der Waals surface area (Å²) >= 11 is 0. The van der Waals surface area contributed by atoms with Crippen LogP contribution in [0, 0.1) is 6.92 Å². The van der Waals surface area contributed by atoms with Crippen LogP contribution in [0.3, 0.4) is 0 Å². The molecule has 3 nitrogen and oxygen atoms in total. The van der Waals surface area contributed by atoms with E-state index in [1.807, 2.05) is 17.9 Å². The topological polar surface area (TPSA) is 33.2 Å². The molecule has 2 rings (SSSR count). The number of nitrogens with zero attached hydrogens (tertiary/aromatic N) is 2. The molecule has 0 fully saturated rings. The van der Waals surface area contributed by atoms with Gasteiger partial charge in [-0.25, -0.2) is 0 Å². The van der Waals surface area contributed by atoms with E-state index in [-0.39, 0.29) is 5.91 Å². The second kappa shape index (κ2) is 5.34. The molecule has 0 atom stereocenters. The van der Waals surface area contributed by atoms with Gasteiger partial charge in [0, 0.05) is 25.5 Å². The highest BCUT2D eigenvalue weighted by Gasteiger charge is 2.19. The first-order valence-corrected chi connectivity index (χ1v) is 6.40. The van der Waals surface area contributed by atoms with E-state index in [1.165, 1.54) is 11.1 Å². The normalized spacial score (nSPS) is 16.1. The van der Waals surface area contributed by atoms with Crippen LogP contribution in [-0.4, -0.2) is 28.9 Å². The van der Waals surface area contributed by atoms with Crippen LogP contribution in [-0.2, 0) is 11.2 Å². The van der Waals surface area contributed by atoms with Crippen LogP contribution in [0.15, 0.2) is 29.6 Å². The largest absolute Gasteiger partial charge is 0.338 e. The number of hydrogen-bond acceptors (Lipinski definition) is 2. The van der Waals surface area contributed by atoms with E-state index in [4.69, 9.17) is 0 Å². The Labute approximate surface area is 109 Å². The predicted octanol–water partition coefficient (Wildman–Crippen LogP) is 2.50. The molecule has 1 aliphatic rings. The zero-order valence-electron chi connectivity index (χ0n) is 11.4. The van der Waals surface area contributed by atoms with Crippen molar-refractivity contribution >= 4 is 5.91 Å². The molecule has 0 N–H and O–H groups in total. The third-order valence-electron chi connectivity index (χ3n) is 3.76. The molecule has 0 bridgehead atoms. The molecule has 96 valence electrons. The summed E-state index contributed by atoms with van der Waals surface area (Å²) in [5.41, 5.74) is 4.93. The Morgan fingerprint density at radius 2 is 2.11 bits per heavy atom. The maximum Gasteiger partial charge on any atom is 0.227 e. The summed E-state index contributed by atoms with van der Waals surface area (Å²) in [7, 11) is 0. The van der Waals surface area contributed by atoms with Crippen LogP contribution in [0.1, 0.15) is 31.4 Å². The van der Waals surface area contributed by atoms with E-state index in [0.29, 0.717) is 6.42 Å². The van der Waals surface area contributed by atoms with E-state index in [9.17, 15) is 4.79 Å². The second-order valence-electron chi connectivity index (χ2n) is 5.10. The third kappa shape index (κ3) is 2.78. The number of aromatic nitrogens is 1. The average molecular weight is 244 g/mol. The maximum atomic E-state index is 12.2. The van der Waals surface area contributed by atoms with Gasteiger partial charge in [0.2, 0.25) is 5.91 Å². The lowest BCUT2D eigenvalue weighted by Gasteiger charge is -2.29. The summed E-state index contributed by atoms with van der Waals surface area (Å²) < 4.78 is 0. The summed E-state index contributed by atoms with van der Waals surface area (Å²) in [5, 5.41) is 0. The van der Waals surface area contributed by atoms with Crippen molar-refractivity contribution in [2.75, 3.05) is 13.1 Å². The average Bonchev–Trinajstić information content (AvgIpc) is 2.35. The van der Waals surface area contributed by atoms with E-state index in [1.54, 1.807) is 12.4 Å². The number of rotatable bonds is 2. The number of amides is 1. The van der Waals surface area contributed by atoms with Gasteiger partial charge in [0.15, 0.2) is 0 Å².